The average molecular weight is 419 g/mol. The lowest BCUT2D eigenvalue weighted by molar-refractivity contribution is 0.0695. The van der Waals surface area contributed by atoms with E-state index < -0.39 is 11.9 Å². The zero-order chi connectivity index (χ0) is 21.5. The third-order valence-corrected chi connectivity index (χ3v) is 5.32. The van der Waals surface area contributed by atoms with Gasteiger partial charge in [-0.15, -0.1) is 0 Å². The van der Waals surface area contributed by atoms with Crippen LogP contribution >= 0.6 is 0 Å². The minimum atomic E-state index is -0.605. The van der Waals surface area contributed by atoms with Gasteiger partial charge in [-0.1, -0.05) is 12.1 Å². The molecule has 164 valence electrons. The van der Waals surface area contributed by atoms with Crippen molar-refractivity contribution in [1.29, 1.82) is 0 Å². The Balaban J connectivity index is 1.69. The molecule has 1 saturated heterocycles. The molecular formula is C23H31FN2O4. The second-order valence-corrected chi connectivity index (χ2v) is 7.64. The minimum Gasteiger partial charge on any atom is -0.497 e. The Morgan fingerprint density at radius 3 is 2.60 bits per heavy atom. The predicted molar refractivity (Wildman–Crippen MR) is 115 cm³/mol. The van der Waals surface area contributed by atoms with E-state index >= 15 is 0 Å². The molecule has 30 heavy (non-hydrogen) atoms. The lowest BCUT2D eigenvalue weighted by Crippen LogP contribution is -2.37. The van der Waals surface area contributed by atoms with Gasteiger partial charge in [-0.2, -0.15) is 0 Å². The smallest absolute Gasteiger partial charge is 0.165 e. The number of methoxy groups -OCH3 is 2. The number of hydrogen-bond donors (Lipinski definition) is 1. The van der Waals surface area contributed by atoms with Crippen LogP contribution in [-0.4, -0.2) is 81.6 Å². The number of rotatable bonds is 8. The number of nitrogens with zero attached hydrogens (tertiary/aromatic N) is 2. The van der Waals surface area contributed by atoms with Crippen LogP contribution in [-0.2, 0) is 0 Å². The van der Waals surface area contributed by atoms with Gasteiger partial charge in [0.15, 0.2) is 11.6 Å². The Morgan fingerprint density at radius 1 is 1.03 bits per heavy atom. The summed E-state index contributed by atoms with van der Waals surface area (Å²) in [5, 5.41) is 10.5. The van der Waals surface area contributed by atoms with Crippen molar-refractivity contribution in [2.75, 3.05) is 60.6 Å². The van der Waals surface area contributed by atoms with E-state index in [1.54, 1.807) is 37.4 Å². The summed E-state index contributed by atoms with van der Waals surface area (Å²) in [7, 11) is 5.13. The number of aliphatic hydroxyl groups excluding tert-OH is 1. The first-order valence-corrected chi connectivity index (χ1v) is 10.2. The van der Waals surface area contributed by atoms with E-state index in [0.717, 1.165) is 32.6 Å². The first-order chi connectivity index (χ1) is 14.5. The monoisotopic (exact) mass is 418 g/mol. The number of para-hydroxylation sites is 1. The Kier molecular flexibility index (Phi) is 7.90. The molecule has 0 aliphatic carbocycles. The van der Waals surface area contributed by atoms with Gasteiger partial charge in [-0.05, 0) is 50.3 Å². The normalized spacial score (nSPS) is 16.7. The van der Waals surface area contributed by atoms with Crippen LogP contribution in [0.2, 0.25) is 0 Å². The molecule has 1 fully saturated rings. The van der Waals surface area contributed by atoms with Crippen molar-refractivity contribution in [3.63, 3.8) is 0 Å². The topological polar surface area (TPSA) is 54.4 Å². The third-order valence-electron chi connectivity index (χ3n) is 5.32. The van der Waals surface area contributed by atoms with Crippen LogP contribution in [0, 0.1) is 5.82 Å². The Bertz CT molecular complexity index is 833. The van der Waals surface area contributed by atoms with Crippen molar-refractivity contribution in [2.24, 2.45) is 0 Å². The molecule has 6 nitrogen and oxygen atoms in total. The van der Waals surface area contributed by atoms with Crippen molar-refractivity contribution in [1.82, 2.24) is 9.80 Å². The number of hydrogen-bond acceptors (Lipinski definition) is 6. The van der Waals surface area contributed by atoms with Crippen molar-refractivity contribution in [3.05, 3.63) is 42.2 Å². The minimum absolute atomic E-state index is 0.166. The number of halogens is 1. The lowest BCUT2D eigenvalue weighted by Gasteiger charge is -2.23. The van der Waals surface area contributed by atoms with E-state index in [9.17, 15) is 9.50 Å². The summed E-state index contributed by atoms with van der Waals surface area (Å²) in [5.41, 5.74) is 1.32. The molecule has 1 atom stereocenters. The highest BCUT2D eigenvalue weighted by Crippen LogP contribution is 2.36. The molecular weight excluding hydrogens is 387 g/mol. The van der Waals surface area contributed by atoms with Crippen molar-refractivity contribution >= 4 is 0 Å². The highest BCUT2D eigenvalue weighted by Gasteiger charge is 2.17. The SMILES string of the molecule is COc1cc(OCC(O)CN2CCCN(C)CC2)cc(-c2cccc(F)c2OC)c1. The van der Waals surface area contributed by atoms with Crippen molar-refractivity contribution in [2.45, 2.75) is 12.5 Å². The maximum absolute atomic E-state index is 14.1. The maximum atomic E-state index is 14.1. The van der Waals surface area contributed by atoms with Gasteiger partial charge in [0, 0.05) is 31.3 Å². The van der Waals surface area contributed by atoms with Gasteiger partial charge in [0.05, 0.1) is 14.2 Å². The molecule has 0 radical (unpaired) electrons. The molecule has 2 aromatic rings. The molecule has 0 saturated carbocycles. The average Bonchev–Trinajstić information content (AvgIpc) is 2.95. The van der Waals surface area contributed by atoms with Gasteiger partial charge in [0.1, 0.15) is 24.2 Å². The van der Waals surface area contributed by atoms with Crippen LogP contribution in [0.3, 0.4) is 0 Å². The summed E-state index contributed by atoms with van der Waals surface area (Å²) < 4.78 is 30.6. The van der Waals surface area contributed by atoms with Crippen LogP contribution in [0.25, 0.3) is 11.1 Å². The summed E-state index contributed by atoms with van der Waals surface area (Å²) in [6, 6.07) is 10.1. The molecule has 0 amide bonds. The highest BCUT2D eigenvalue weighted by atomic mass is 19.1. The zero-order valence-electron chi connectivity index (χ0n) is 17.9. The fourth-order valence-corrected chi connectivity index (χ4v) is 3.70. The number of likely N-dealkylation sites (N-methyl/N-ethyl adjacent to an activating group) is 1. The van der Waals surface area contributed by atoms with Gasteiger partial charge in [0.2, 0.25) is 0 Å². The molecule has 1 N–H and O–H groups in total. The highest BCUT2D eigenvalue weighted by molar-refractivity contribution is 5.73. The van der Waals surface area contributed by atoms with Crippen LogP contribution in [0.5, 0.6) is 17.2 Å². The molecule has 0 bridgehead atoms. The first-order valence-electron chi connectivity index (χ1n) is 10.2. The summed E-state index contributed by atoms with van der Waals surface area (Å²) in [4.78, 5) is 4.58. The predicted octanol–water partition coefficient (Wildman–Crippen LogP) is 2.89. The molecule has 1 aliphatic heterocycles. The van der Waals surface area contributed by atoms with E-state index in [1.165, 1.54) is 13.2 Å². The first kappa shape index (κ1) is 22.3. The van der Waals surface area contributed by atoms with Crippen molar-refractivity contribution in [3.8, 4) is 28.4 Å². The van der Waals surface area contributed by atoms with E-state index in [2.05, 4.69) is 16.8 Å². The summed E-state index contributed by atoms with van der Waals surface area (Å²) in [6.07, 6.45) is 0.491. The van der Waals surface area contributed by atoms with Crippen LogP contribution in [0.15, 0.2) is 36.4 Å². The van der Waals surface area contributed by atoms with Gasteiger partial charge >= 0.3 is 0 Å². The molecule has 7 heteroatoms. The Labute approximate surface area is 177 Å². The van der Waals surface area contributed by atoms with E-state index in [-0.39, 0.29) is 12.4 Å². The van der Waals surface area contributed by atoms with E-state index in [0.29, 0.717) is 29.2 Å². The Hall–Kier alpha value is -2.35. The summed E-state index contributed by atoms with van der Waals surface area (Å²) in [5.74, 6) is 0.867. The Morgan fingerprint density at radius 2 is 1.83 bits per heavy atom. The number of benzene rings is 2. The van der Waals surface area contributed by atoms with Gasteiger partial charge < -0.3 is 24.2 Å². The third kappa shape index (κ3) is 5.84. The summed E-state index contributed by atoms with van der Waals surface area (Å²) in [6.45, 7) is 4.74. The fraction of sp³-hybridized carbons (Fsp3) is 0.478. The largest absolute Gasteiger partial charge is 0.497 e. The number of β-amino-alcohol motifs (C(OH)–C–C–N with tert-alkyl or cyclic N) is 1. The molecule has 1 unspecified atom stereocenters. The summed E-state index contributed by atoms with van der Waals surface area (Å²) >= 11 is 0. The van der Waals surface area contributed by atoms with Gasteiger partial charge in [-0.3, -0.25) is 4.90 Å². The molecule has 1 heterocycles. The van der Waals surface area contributed by atoms with E-state index in [4.69, 9.17) is 14.2 Å². The number of aliphatic hydroxyl groups is 1. The lowest BCUT2D eigenvalue weighted by atomic mass is 10.0. The van der Waals surface area contributed by atoms with Crippen LogP contribution in [0.1, 0.15) is 6.42 Å². The van der Waals surface area contributed by atoms with Crippen molar-refractivity contribution < 1.29 is 23.7 Å². The number of ether oxygens (including phenoxy) is 3. The molecule has 1 aliphatic rings. The van der Waals surface area contributed by atoms with E-state index in [1.807, 2.05) is 0 Å². The van der Waals surface area contributed by atoms with Gasteiger partial charge in [-0.25, -0.2) is 4.39 Å². The molecule has 3 rings (SSSR count). The quantitative estimate of drug-likeness (QED) is 0.712. The second-order valence-electron chi connectivity index (χ2n) is 7.64. The standard InChI is InChI=1S/C23H31FN2O4/c1-25-8-5-9-26(11-10-25)15-18(27)16-30-20-13-17(12-19(14-20)28-2)21-6-4-7-22(24)23(21)29-3/h4,6-7,12-14,18,27H,5,8-11,15-16H2,1-3H3. The fourth-order valence-electron chi connectivity index (χ4n) is 3.70. The van der Waals surface area contributed by atoms with Gasteiger partial charge in [0.25, 0.3) is 0 Å². The molecule has 2 aromatic carbocycles. The maximum Gasteiger partial charge on any atom is 0.165 e. The van der Waals surface area contributed by atoms with Crippen LogP contribution in [0.4, 0.5) is 4.39 Å². The second kappa shape index (κ2) is 10.6. The zero-order valence-corrected chi connectivity index (χ0v) is 17.9. The molecule has 0 spiro atoms. The van der Waals surface area contributed by atoms with Crippen LogP contribution < -0.4 is 14.2 Å². The molecule has 0 aromatic heterocycles.